The minimum absolute atomic E-state index is 0.0119. The van der Waals surface area contributed by atoms with Gasteiger partial charge in [-0.15, -0.1) is 0 Å². The predicted molar refractivity (Wildman–Crippen MR) is 70.5 cm³/mol. The van der Waals surface area contributed by atoms with Crippen LogP contribution >= 0.6 is 0 Å². The third-order valence-electron chi connectivity index (χ3n) is 3.37. The molecular weight excluding hydrogens is 210 g/mol. The largest absolute Gasteiger partial charge is 0.322 e. The Bertz CT molecular complexity index is 492. The first-order chi connectivity index (χ1) is 8.26. The summed E-state index contributed by atoms with van der Waals surface area (Å²) in [5.74, 6) is 0.477. The highest BCUT2D eigenvalue weighted by molar-refractivity contribution is 5.73. The summed E-state index contributed by atoms with van der Waals surface area (Å²) < 4.78 is 0. The van der Waals surface area contributed by atoms with E-state index in [9.17, 15) is 0 Å². The second kappa shape index (κ2) is 5.23. The van der Waals surface area contributed by atoms with E-state index >= 15 is 0 Å². The molecule has 0 amide bonds. The SMILES string of the molecule is CCC(CC)C(N)c1cnc2ccccc2n1. The molecule has 0 saturated carbocycles. The maximum absolute atomic E-state index is 6.25. The average Bonchev–Trinajstić information content (AvgIpc) is 2.39. The van der Waals surface area contributed by atoms with E-state index in [4.69, 9.17) is 5.73 Å². The molecule has 1 aromatic heterocycles. The minimum atomic E-state index is -0.0119. The highest BCUT2D eigenvalue weighted by Crippen LogP contribution is 2.24. The third-order valence-corrected chi connectivity index (χ3v) is 3.37. The zero-order valence-corrected chi connectivity index (χ0v) is 10.4. The molecule has 1 heterocycles. The summed E-state index contributed by atoms with van der Waals surface area (Å²) in [4.78, 5) is 9.02. The van der Waals surface area contributed by atoms with Crippen molar-refractivity contribution in [1.29, 1.82) is 0 Å². The van der Waals surface area contributed by atoms with Crippen LogP contribution in [0.5, 0.6) is 0 Å². The van der Waals surface area contributed by atoms with Crippen molar-refractivity contribution < 1.29 is 0 Å². The highest BCUT2D eigenvalue weighted by Gasteiger charge is 2.17. The van der Waals surface area contributed by atoms with Gasteiger partial charge in [0.1, 0.15) is 0 Å². The fourth-order valence-electron chi connectivity index (χ4n) is 2.17. The minimum Gasteiger partial charge on any atom is -0.322 e. The van der Waals surface area contributed by atoms with Crippen molar-refractivity contribution in [2.24, 2.45) is 11.7 Å². The molecular formula is C14H19N3. The van der Waals surface area contributed by atoms with Crippen LogP contribution in [0.3, 0.4) is 0 Å². The molecule has 0 radical (unpaired) electrons. The molecule has 1 unspecified atom stereocenters. The Morgan fingerprint density at radius 2 is 1.76 bits per heavy atom. The summed E-state index contributed by atoms with van der Waals surface area (Å²) in [6.45, 7) is 4.34. The van der Waals surface area contributed by atoms with E-state index in [0.29, 0.717) is 5.92 Å². The van der Waals surface area contributed by atoms with Crippen molar-refractivity contribution in [2.75, 3.05) is 0 Å². The van der Waals surface area contributed by atoms with E-state index in [1.807, 2.05) is 30.5 Å². The summed E-state index contributed by atoms with van der Waals surface area (Å²) in [5, 5.41) is 0. The van der Waals surface area contributed by atoms with Crippen molar-refractivity contribution in [2.45, 2.75) is 32.7 Å². The van der Waals surface area contributed by atoms with Gasteiger partial charge in [-0.05, 0) is 18.1 Å². The van der Waals surface area contributed by atoms with Gasteiger partial charge in [0.25, 0.3) is 0 Å². The van der Waals surface area contributed by atoms with E-state index in [-0.39, 0.29) is 6.04 Å². The molecule has 0 saturated heterocycles. The summed E-state index contributed by atoms with van der Waals surface area (Å²) >= 11 is 0. The molecule has 0 spiro atoms. The summed E-state index contributed by atoms with van der Waals surface area (Å²) in [5.41, 5.74) is 9.00. The Kier molecular flexibility index (Phi) is 3.69. The predicted octanol–water partition coefficient (Wildman–Crippen LogP) is 3.07. The topological polar surface area (TPSA) is 51.8 Å². The van der Waals surface area contributed by atoms with Crippen LogP contribution < -0.4 is 5.73 Å². The zero-order chi connectivity index (χ0) is 12.3. The first-order valence-corrected chi connectivity index (χ1v) is 6.23. The van der Waals surface area contributed by atoms with E-state index in [0.717, 1.165) is 29.6 Å². The molecule has 1 aromatic carbocycles. The fourth-order valence-corrected chi connectivity index (χ4v) is 2.17. The lowest BCUT2D eigenvalue weighted by Gasteiger charge is -2.20. The first-order valence-electron chi connectivity index (χ1n) is 6.23. The molecule has 3 nitrogen and oxygen atoms in total. The van der Waals surface area contributed by atoms with Gasteiger partial charge >= 0.3 is 0 Å². The molecule has 2 N–H and O–H groups in total. The Morgan fingerprint density at radius 3 is 2.41 bits per heavy atom. The van der Waals surface area contributed by atoms with Gasteiger partial charge in [0.2, 0.25) is 0 Å². The number of hydrogen-bond acceptors (Lipinski definition) is 3. The van der Waals surface area contributed by atoms with Gasteiger partial charge in [0.15, 0.2) is 0 Å². The number of hydrogen-bond donors (Lipinski definition) is 1. The fraction of sp³-hybridized carbons (Fsp3) is 0.429. The van der Waals surface area contributed by atoms with Crippen LogP contribution in [-0.2, 0) is 0 Å². The molecule has 2 aromatic rings. The first kappa shape index (κ1) is 12.0. The smallest absolute Gasteiger partial charge is 0.0890 e. The van der Waals surface area contributed by atoms with Crippen LogP contribution in [0.4, 0.5) is 0 Å². The summed E-state index contributed by atoms with van der Waals surface area (Å²) in [6.07, 6.45) is 3.96. The number of fused-ring (bicyclic) bond motifs is 1. The molecule has 2 rings (SSSR count). The Labute approximate surface area is 102 Å². The quantitative estimate of drug-likeness (QED) is 0.876. The van der Waals surface area contributed by atoms with Crippen molar-refractivity contribution in [3.63, 3.8) is 0 Å². The van der Waals surface area contributed by atoms with Crippen LogP contribution in [0.2, 0.25) is 0 Å². The number of aromatic nitrogens is 2. The third kappa shape index (κ3) is 2.44. The van der Waals surface area contributed by atoms with E-state index < -0.39 is 0 Å². The molecule has 0 aliphatic carbocycles. The van der Waals surface area contributed by atoms with E-state index in [2.05, 4.69) is 23.8 Å². The average molecular weight is 229 g/mol. The van der Waals surface area contributed by atoms with E-state index in [1.165, 1.54) is 0 Å². The molecule has 90 valence electrons. The van der Waals surface area contributed by atoms with Gasteiger partial charge in [0, 0.05) is 0 Å². The maximum Gasteiger partial charge on any atom is 0.0890 e. The lowest BCUT2D eigenvalue weighted by molar-refractivity contribution is 0.399. The molecule has 0 fully saturated rings. The molecule has 3 heteroatoms. The van der Waals surface area contributed by atoms with Crippen LogP contribution in [0.15, 0.2) is 30.5 Å². The van der Waals surface area contributed by atoms with Crippen LogP contribution in [0, 0.1) is 5.92 Å². The van der Waals surface area contributed by atoms with Gasteiger partial charge in [0.05, 0.1) is 29.0 Å². The van der Waals surface area contributed by atoms with Crippen molar-refractivity contribution in [1.82, 2.24) is 9.97 Å². The van der Waals surface area contributed by atoms with E-state index in [1.54, 1.807) is 0 Å². The normalized spacial score (nSPS) is 13.2. The monoisotopic (exact) mass is 229 g/mol. The number of rotatable bonds is 4. The van der Waals surface area contributed by atoms with Gasteiger partial charge in [-0.2, -0.15) is 0 Å². The number of nitrogens with zero attached hydrogens (tertiary/aromatic N) is 2. The van der Waals surface area contributed by atoms with Crippen molar-refractivity contribution in [3.05, 3.63) is 36.2 Å². The van der Waals surface area contributed by atoms with Crippen LogP contribution in [0.1, 0.15) is 38.4 Å². The Morgan fingerprint density at radius 1 is 1.12 bits per heavy atom. The maximum atomic E-state index is 6.25. The van der Waals surface area contributed by atoms with Gasteiger partial charge in [-0.3, -0.25) is 4.98 Å². The molecule has 0 bridgehead atoms. The number of para-hydroxylation sites is 2. The molecule has 0 aliphatic heterocycles. The molecule has 17 heavy (non-hydrogen) atoms. The van der Waals surface area contributed by atoms with Crippen molar-refractivity contribution >= 4 is 11.0 Å². The zero-order valence-electron chi connectivity index (χ0n) is 10.4. The van der Waals surface area contributed by atoms with Crippen LogP contribution in [-0.4, -0.2) is 9.97 Å². The Hall–Kier alpha value is -1.48. The molecule has 0 aliphatic rings. The second-order valence-electron chi connectivity index (χ2n) is 4.39. The lowest BCUT2D eigenvalue weighted by atomic mass is 9.93. The summed E-state index contributed by atoms with van der Waals surface area (Å²) in [7, 11) is 0. The molecule has 1 atom stereocenters. The number of nitrogens with two attached hydrogens (primary N) is 1. The van der Waals surface area contributed by atoms with Crippen molar-refractivity contribution in [3.8, 4) is 0 Å². The van der Waals surface area contributed by atoms with Crippen LogP contribution in [0.25, 0.3) is 11.0 Å². The van der Waals surface area contributed by atoms with Gasteiger partial charge in [-0.1, -0.05) is 38.8 Å². The van der Waals surface area contributed by atoms with Gasteiger partial charge in [-0.25, -0.2) is 4.98 Å². The standard InChI is InChI=1S/C14H19N3/c1-3-10(4-2)14(15)13-9-16-11-7-5-6-8-12(11)17-13/h5-10,14H,3-4,15H2,1-2H3. The number of benzene rings is 1. The van der Waals surface area contributed by atoms with Gasteiger partial charge < -0.3 is 5.73 Å². The lowest BCUT2D eigenvalue weighted by Crippen LogP contribution is -2.21. The Balaban J connectivity index is 2.35. The summed E-state index contributed by atoms with van der Waals surface area (Å²) in [6, 6.07) is 7.88. The highest BCUT2D eigenvalue weighted by atomic mass is 14.8. The second-order valence-corrected chi connectivity index (χ2v) is 4.39.